The zero-order valence-corrected chi connectivity index (χ0v) is 17.7. The van der Waals surface area contributed by atoms with Crippen LogP contribution < -0.4 is 5.32 Å². The Morgan fingerprint density at radius 3 is 2.11 bits per heavy atom. The molecule has 150 valence electrons. The highest BCUT2D eigenvalue weighted by Gasteiger charge is 2.28. The number of nitrogens with zero attached hydrogens (tertiary/aromatic N) is 1. The smallest absolute Gasteiger partial charge is 0.243 e. The summed E-state index contributed by atoms with van der Waals surface area (Å²) in [5.74, 6) is -0.123. The zero-order valence-electron chi connectivity index (χ0n) is 17.7. The average molecular weight is 381 g/mol. The van der Waals surface area contributed by atoms with Gasteiger partial charge in [-0.1, -0.05) is 66.6 Å². The van der Waals surface area contributed by atoms with Crippen LogP contribution in [0.4, 0.5) is 0 Å². The summed E-state index contributed by atoms with van der Waals surface area (Å²) in [7, 11) is 0. The van der Waals surface area contributed by atoms with E-state index in [4.69, 9.17) is 0 Å². The minimum Gasteiger partial charge on any atom is -0.352 e. The first-order valence-electron chi connectivity index (χ1n) is 10.0. The van der Waals surface area contributed by atoms with Gasteiger partial charge in [0.15, 0.2) is 0 Å². The molecular formula is C24H32N2O2. The normalized spacial score (nSPS) is 11.9. The summed E-state index contributed by atoms with van der Waals surface area (Å²) in [5.41, 5.74) is 4.29. The van der Waals surface area contributed by atoms with Gasteiger partial charge in [-0.25, -0.2) is 0 Å². The van der Waals surface area contributed by atoms with Crippen molar-refractivity contribution in [3.63, 3.8) is 0 Å². The summed E-state index contributed by atoms with van der Waals surface area (Å²) in [6, 6.07) is 15.6. The van der Waals surface area contributed by atoms with Gasteiger partial charge < -0.3 is 10.2 Å². The monoisotopic (exact) mass is 380 g/mol. The molecule has 4 nitrogen and oxygen atoms in total. The van der Waals surface area contributed by atoms with Crippen molar-refractivity contribution in [1.29, 1.82) is 0 Å². The van der Waals surface area contributed by atoms with Crippen LogP contribution in [0.1, 0.15) is 49.4 Å². The molecule has 2 aromatic rings. The Morgan fingerprint density at radius 1 is 0.964 bits per heavy atom. The molecule has 2 amide bonds. The Balaban J connectivity index is 2.29. The Morgan fingerprint density at radius 2 is 1.57 bits per heavy atom. The number of aryl methyl sites for hydroxylation is 2. The number of carbonyl (C=O) groups is 2. The van der Waals surface area contributed by atoms with Gasteiger partial charge >= 0.3 is 0 Å². The quantitative estimate of drug-likeness (QED) is 0.747. The van der Waals surface area contributed by atoms with Crippen molar-refractivity contribution in [3.05, 3.63) is 70.8 Å². The van der Waals surface area contributed by atoms with Crippen LogP contribution in [0.15, 0.2) is 48.5 Å². The van der Waals surface area contributed by atoms with Crippen molar-refractivity contribution in [1.82, 2.24) is 10.2 Å². The number of amides is 2. The number of benzene rings is 2. The van der Waals surface area contributed by atoms with Crippen molar-refractivity contribution in [2.24, 2.45) is 0 Å². The van der Waals surface area contributed by atoms with Gasteiger partial charge in [-0.05, 0) is 45.2 Å². The molecule has 0 heterocycles. The molecule has 1 N–H and O–H groups in total. The Bertz CT molecular complexity index is 779. The molecule has 1 unspecified atom stereocenters. The van der Waals surface area contributed by atoms with Crippen LogP contribution in [0.2, 0.25) is 0 Å². The summed E-state index contributed by atoms with van der Waals surface area (Å²) in [4.78, 5) is 27.8. The number of hydrogen-bond acceptors (Lipinski definition) is 2. The van der Waals surface area contributed by atoms with Crippen LogP contribution in [0.25, 0.3) is 0 Å². The highest BCUT2D eigenvalue weighted by Crippen LogP contribution is 2.16. The first-order valence-corrected chi connectivity index (χ1v) is 10.0. The maximum atomic E-state index is 13.3. The predicted octanol–water partition coefficient (Wildman–Crippen LogP) is 4.18. The first-order chi connectivity index (χ1) is 13.3. The van der Waals surface area contributed by atoms with Crippen molar-refractivity contribution < 1.29 is 9.59 Å². The van der Waals surface area contributed by atoms with Crippen LogP contribution in [0, 0.1) is 13.8 Å². The molecule has 0 aliphatic rings. The van der Waals surface area contributed by atoms with Gasteiger partial charge in [-0.3, -0.25) is 9.59 Å². The number of nitrogens with one attached hydrogen (secondary N) is 1. The molecule has 0 radical (unpaired) electrons. The molecule has 28 heavy (non-hydrogen) atoms. The standard InChI is InChI=1S/C24H32N2O2/c1-6-22(24(28)25-17(2)3)26(16-20-10-8-7-9-11-20)23(27)15-21-13-18(4)12-19(5)14-21/h7-14,17,22H,6,15-16H2,1-5H3,(H,25,28). The molecule has 0 saturated carbocycles. The third-order valence-corrected chi connectivity index (χ3v) is 4.65. The van der Waals surface area contributed by atoms with E-state index < -0.39 is 6.04 Å². The lowest BCUT2D eigenvalue weighted by Crippen LogP contribution is -2.50. The largest absolute Gasteiger partial charge is 0.352 e. The van der Waals surface area contributed by atoms with Gasteiger partial charge in [0, 0.05) is 12.6 Å². The van der Waals surface area contributed by atoms with Crippen molar-refractivity contribution in [2.75, 3.05) is 0 Å². The molecule has 2 rings (SSSR count). The topological polar surface area (TPSA) is 49.4 Å². The van der Waals surface area contributed by atoms with Gasteiger partial charge in [0.05, 0.1) is 6.42 Å². The summed E-state index contributed by atoms with van der Waals surface area (Å²) < 4.78 is 0. The number of carbonyl (C=O) groups excluding carboxylic acids is 2. The molecule has 0 aliphatic heterocycles. The molecule has 4 heteroatoms. The molecule has 1 atom stereocenters. The summed E-state index contributed by atoms with van der Waals surface area (Å²) in [5, 5.41) is 2.96. The van der Waals surface area contributed by atoms with Crippen LogP contribution in [-0.4, -0.2) is 28.8 Å². The highest BCUT2D eigenvalue weighted by molar-refractivity contribution is 5.88. The van der Waals surface area contributed by atoms with Crippen LogP contribution in [0.3, 0.4) is 0 Å². The van der Waals surface area contributed by atoms with Crippen LogP contribution in [-0.2, 0) is 22.6 Å². The minimum absolute atomic E-state index is 0.0281. The Kier molecular flexibility index (Phi) is 7.80. The first kappa shape index (κ1) is 21.7. The van der Waals surface area contributed by atoms with E-state index in [-0.39, 0.29) is 17.9 Å². The van der Waals surface area contributed by atoms with E-state index in [0.717, 1.165) is 22.3 Å². The summed E-state index contributed by atoms with van der Waals surface area (Å²) in [6.07, 6.45) is 0.866. The third-order valence-electron chi connectivity index (χ3n) is 4.65. The van der Waals surface area contributed by atoms with E-state index in [1.165, 1.54) is 0 Å². The van der Waals surface area contributed by atoms with E-state index in [1.54, 1.807) is 4.90 Å². The molecule has 0 bridgehead atoms. The second-order valence-corrected chi connectivity index (χ2v) is 7.77. The molecular weight excluding hydrogens is 348 g/mol. The third kappa shape index (κ3) is 6.22. The lowest BCUT2D eigenvalue weighted by Gasteiger charge is -2.31. The van der Waals surface area contributed by atoms with Crippen molar-refractivity contribution >= 4 is 11.8 Å². The maximum Gasteiger partial charge on any atom is 0.243 e. The van der Waals surface area contributed by atoms with Crippen molar-refractivity contribution in [2.45, 2.75) is 66.1 Å². The SMILES string of the molecule is CCC(C(=O)NC(C)C)N(Cc1ccccc1)C(=O)Cc1cc(C)cc(C)c1. The molecule has 0 saturated heterocycles. The van der Waals surface area contributed by atoms with Gasteiger partial charge in [-0.15, -0.1) is 0 Å². The van der Waals surface area contributed by atoms with Gasteiger partial charge in [0.2, 0.25) is 11.8 Å². The predicted molar refractivity (Wildman–Crippen MR) is 114 cm³/mol. The van der Waals surface area contributed by atoms with E-state index in [2.05, 4.69) is 11.4 Å². The number of rotatable bonds is 8. The van der Waals surface area contributed by atoms with Gasteiger partial charge in [0.25, 0.3) is 0 Å². The molecule has 0 spiro atoms. The van der Waals surface area contributed by atoms with Gasteiger partial charge in [-0.2, -0.15) is 0 Å². The summed E-state index contributed by atoms with van der Waals surface area (Å²) >= 11 is 0. The lowest BCUT2D eigenvalue weighted by atomic mass is 10.0. The second-order valence-electron chi connectivity index (χ2n) is 7.77. The van der Waals surface area contributed by atoms with Crippen molar-refractivity contribution in [3.8, 4) is 0 Å². The van der Waals surface area contributed by atoms with Crippen LogP contribution >= 0.6 is 0 Å². The van der Waals surface area contributed by atoms with E-state index in [1.807, 2.05) is 77.1 Å². The Labute approximate surface area is 169 Å². The van der Waals surface area contributed by atoms with Gasteiger partial charge in [0.1, 0.15) is 6.04 Å². The Hall–Kier alpha value is -2.62. The van der Waals surface area contributed by atoms with E-state index in [0.29, 0.717) is 19.4 Å². The molecule has 2 aromatic carbocycles. The summed E-state index contributed by atoms with van der Waals surface area (Å²) in [6.45, 7) is 10.3. The van der Waals surface area contributed by atoms with Crippen LogP contribution in [0.5, 0.6) is 0 Å². The minimum atomic E-state index is -0.485. The molecule has 0 aliphatic carbocycles. The lowest BCUT2D eigenvalue weighted by molar-refractivity contribution is -0.141. The number of hydrogen-bond donors (Lipinski definition) is 1. The average Bonchev–Trinajstić information content (AvgIpc) is 2.60. The zero-order chi connectivity index (χ0) is 20.7. The fraction of sp³-hybridized carbons (Fsp3) is 0.417. The maximum absolute atomic E-state index is 13.3. The fourth-order valence-corrected chi connectivity index (χ4v) is 3.53. The van der Waals surface area contributed by atoms with E-state index >= 15 is 0 Å². The fourth-order valence-electron chi connectivity index (χ4n) is 3.53. The van der Waals surface area contributed by atoms with E-state index in [9.17, 15) is 9.59 Å². The highest BCUT2D eigenvalue weighted by atomic mass is 16.2. The second kappa shape index (κ2) is 10.1. The molecule has 0 aromatic heterocycles. The molecule has 0 fully saturated rings.